The fourth-order valence-corrected chi connectivity index (χ4v) is 3.02. The van der Waals surface area contributed by atoms with Crippen LogP contribution >= 0.6 is 0 Å². The Balaban J connectivity index is 2.07. The standard InChI is InChI=1S/C18H28N2O3/c1-4-18(5-2,13-19)17(21)20(6-3)11-14-12-22-15-9-7-8-10-16(15)23-14/h7-10,14H,4-6,11-13,19H2,1-3H3. The maximum absolute atomic E-state index is 13.0. The molecular weight excluding hydrogens is 292 g/mol. The number of nitrogens with two attached hydrogens (primary N) is 1. The van der Waals surface area contributed by atoms with Crippen molar-refractivity contribution in [3.63, 3.8) is 0 Å². The van der Waals surface area contributed by atoms with Crippen LogP contribution in [0.15, 0.2) is 24.3 Å². The molecule has 0 radical (unpaired) electrons. The van der Waals surface area contributed by atoms with Gasteiger partial charge in [-0.1, -0.05) is 26.0 Å². The molecule has 0 bridgehead atoms. The molecule has 1 aromatic carbocycles. The second-order valence-corrected chi connectivity index (χ2v) is 6.03. The molecule has 23 heavy (non-hydrogen) atoms. The van der Waals surface area contributed by atoms with Crippen molar-refractivity contribution in [1.29, 1.82) is 0 Å². The van der Waals surface area contributed by atoms with Crippen LogP contribution in [0.1, 0.15) is 33.6 Å². The normalized spacial score (nSPS) is 17.0. The molecule has 2 rings (SSSR count). The van der Waals surface area contributed by atoms with Crippen molar-refractivity contribution in [2.75, 3.05) is 26.2 Å². The fourth-order valence-electron chi connectivity index (χ4n) is 3.02. The molecular formula is C18H28N2O3. The summed E-state index contributed by atoms with van der Waals surface area (Å²) >= 11 is 0. The molecule has 1 amide bonds. The predicted molar refractivity (Wildman–Crippen MR) is 90.7 cm³/mol. The van der Waals surface area contributed by atoms with E-state index in [2.05, 4.69) is 0 Å². The van der Waals surface area contributed by atoms with Gasteiger partial charge in [-0.3, -0.25) is 4.79 Å². The lowest BCUT2D eigenvalue weighted by Crippen LogP contribution is -2.51. The molecule has 128 valence electrons. The minimum atomic E-state index is -0.469. The first-order valence-corrected chi connectivity index (χ1v) is 8.48. The minimum absolute atomic E-state index is 0.120. The van der Waals surface area contributed by atoms with Crippen molar-refractivity contribution < 1.29 is 14.3 Å². The van der Waals surface area contributed by atoms with E-state index in [1.807, 2.05) is 49.9 Å². The van der Waals surface area contributed by atoms with Gasteiger partial charge < -0.3 is 20.1 Å². The number of carbonyl (C=O) groups excluding carboxylic acids is 1. The van der Waals surface area contributed by atoms with Crippen LogP contribution in [0.5, 0.6) is 11.5 Å². The Labute approximate surface area is 138 Å². The Morgan fingerprint density at radius 1 is 1.26 bits per heavy atom. The summed E-state index contributed by atoms with van der Waals surface area (Å²) in [7, 11) is 0. The number of benzene rings is 1. The van der Waals surface area contributed by atoms with Crippen molar-refractivity contribution in [2.45, 2.75) is 39.7 Å². The highest BCUT2D eigenvalue weighted by molar-refractivity contribution is 5.83. The van der Waals surface area contributed by atoms with E-state index < -0.39 is 5.41 Å². The summed E-state index contributed by atoms with van der Waals surface area (Å²) in [6, 6.07) is 7.62. The molecule has 1 unspecified atom stereocenters. The topological polar surface area (TPSA) is 64.8 Å². The molecule has 0 spiro atoms. The van der Waals surface area contributed by atoms with Gasteiger partial charge in [0.2, 0.25) is 5.91 Å². The average molecular weight is 320 g/mol. The van der Waals surface area contributed by atoms with Crippen LogP contribution < -0.4 is 15.2 Å². The summed E-state index contributed by atoms with van der Waals surface area (Å²) in [6.45, 7) is 8.03. The van der Waals surface area contributed by atoms with Crippen LogP contribution in [-0.2, 0) is 4.79 Å². The van der Waals surface area contributed by atoms with Crippen LogP contribution in [0.2, 0.25) is 0 Å². The van der Waals surface area contributed by atoms with Gasteiger partial charge in [0.15, 0.2) is 17.6 Å². The molecule has 0 aromatic heterocycles. The van der Waals surface area contributed by atoms with Gasteiger partial charge in [-0.2, -0.15) is 0 Å². The number of carbonyl (C=O) groups is 1. The fraction of sp³-hybridized carbons (Fsp3) is 0.611. The number of hydrogen-bond acceptors (Lipinski definition) is 4. The number of hydrogen-bond donors (Lipinski definition) is 1. The smallest absolute Gasteiger partial charge is 0.230 e. The van der Waals surface area contributed by atoms with Crippen LogP contribution in [0, 0.1) is 5.41 Å². The third-order valence-corrected chi connectivity index (χ3v) is 4.86. The lowest BCUT2D eigenvalue weighted by atomic mass is 9.81. The predicted octanol–water partition coefficient (Wildman–Crippen LogP) is 2.44. The summed E-state index contributed by atoms with van der Waals surface area (Å²) in [5.74, 6) is 1.62. The van der Waals surface area contributed by atoms with E-state index in [1.54, 1.807) is 0 Å². The van der Waals surface area contributed by atoms with Gasteiger partial charge in [0, 0.05) is 13.1 Å². The van der Waals surface area contributed by atoms with Gasteiger partial charge in [-0.05, 0) is 31.9 Å². The van der Waals surface area contributed by atoms with Crippen LogP contribution in [0.25, 0.3) is 0 Å². The Bertz CT molecular complexity index is 520. The Morgan fingerprint density at radius 2 is 1.91 bits per heavy atom. The summed E-state index contributed by atoms with van der Waals surface area (Å²) in [5.41, 5.74) is 5.45. The number of amides is 1. The highest BCUT2D eigenvalue weighted by Crippen LogP contribution is 2.32. The van der Waals surface area contributed by atoms with E-state index in [1.165, 1.54) is 0 Å². The average Bonchev–Trinajstić information content (AvgIpc) is 2.61. The maximum atomic E-state index is 13.0. The number of ether oxygens (including phenoxy) is 2. The van der Waals surface area contributed by atoms with Gasteiger partial charge in [0.1, 0.15) is 6.61 Å². The van der Waals surface area contributed by atoms with Gasteiger partial charge in [-0.15, -0.1) is 0 Å². The first-order chi connectivity index (χ1) is 11.1. The highest BCUT2D eigenvalue weighted by atomic mass is 16.6. The van der Waals surface area contributed by atoms with E-state index >= 15 is 0 Å². The summed E-state index contributed by atoms with van der Waals surface area (Å²) in [5, 5.41) is 0. The number of para-hydroxylation sites is 2. The zero-order valence-electron chi connectivity index (χ0n) is 14.4. The second kappa shape index (κ2) is 7.68. The SMILES string of the molecule is CCN(CC1COc2ccccc2O1)C(=O)C(CC)(CC)CN. The van der Waals surface area contributed by atoms with Crippen LogP contribution in [-0.4, -0.2) is 43.2 Å². The molecule has 1 aliphatic heterocycles. The van der Waals surface area contributed by atoms with E-state index in [4.69, 9.17) is 15.2 Å². The van der Waals surface area contributed by atoms with E-state index in [0.29, 0.717) is 26.2 Å². The molecule has 0 saturated carbocycles. The molecule has 5 nitrogen and oxygen atoms in total. The first kappa shape index (κ1) is 17.6. The lowest BCUT2D eigenvalue weighted by Gasteiger charge is -2.37. The molecule has 1 atom stereocenters. The molecule has 1 aliphatic rings. The number of rotatable bonds is 7. The van der Waals surface area contributed by atoms with E-state index in [-0.39, 0.29) is 12.0 Å². The van der Waals surface area contributed by atoms with Gasteiger partial charge in [-0.25, -0.2) is 0 Å². The zero-order chi connectivity index (χ0) is 16.9. The molecule has 1 aromatic rings. The third kappa shape index (κ3) is 3.61. The van der Waals surface area contributed by atoms with Gasteiger partial charge >= 0.3 is 0 Å². The zero-order valence-corrected chi connectivity index (χ0v) is 14.4. The summed E-state index contributed by atoms with van der Waals surface area (Å²) in [4.78, 5) is 14.8. The van der Waals surface area contributed by atoms with Crippen molar-refractivity contribution in [3.05, 3.63) is 24.3 Å². The molecule has 2 N–H and O–H groups in total. The Kier molecular flexibility index (Phi) is 5.88. The number of fused-ring (bicyclic) bond motifs is 1. The van der Waals surface area contributed by atoms with Crippen molar-refractivity contribution in [1.82, 2.24) is 4.90 Å². The van der Waals surface area contributed by atoms with E-state index in [9.17, 15) is 4.79 Å². The third-order valence-electron chi connectivity index (χ3n) is 4.86. The van der Waals surface area contributed by atoms with Crippen molar-refractivity contribution >= 4 is 5.91 Å². The molecule has 5 heteroatoms. The molecule has 0 saturated heterocycles. The highest BCUT2D eigenvalue weighted by Gasteiger charge is 2.37. The Morgan fingerprint density at radius 3 is 2.48 bits per heavy atom. The number of likely N-dealkylation sites (N-methyl/N-ethyl adjacent to an activating group) is 1. The van der Waals surface area contributed by atoms with E-state index in [0.717, 1.165) is 24.3 Å². The quantitative estimate of drug-likeness (QED) is 0.838. The van der Waals surface area contributed by atoms with Crippen LogP contribution in [0.4, 0.5) is 0 Å². The molecule has 0 aliphatic carbocycles. The van der Waals surface area contributed by atoms with Crippen molar-refractivity contribution in [3.8, 4) is 11.5 Å². The first-order valence-electron chi connectivity index (χ1n) is 8.48. The van der Waals surface area contributed by atoms with Crippen LogP contribution in [0.3, 0.4) is 0 Å². The maximum Gasteiger partial charge on any atom is 0.230 e. The molecule has 0 fully saturated rings. The largest absolute Gasteiger partial charge is 0.486 e. The van der Waals surface area contributed by atoms with Gasteiger partial charge in [0.25, 0.3) is 0 Å². The van der Waals surface area contributed by atoms with Gasteiger partial charge in [0.05, 0.1) is 12.0 Å². The van der Waals surface area contributed by atoms with Crippen molar-refractivity contribution in [2.24, 2.45) is 11.1 Å². The summed E-state index contributed by atoms with van der Waals surface area (Å²) in [6.07, 6.45) is 1.35. The number of nitrogens with zero attached hydrogens (tertiary/aromatic N) is 1. The minimum Gasteiger partial charge on any atom is -0.486 e. The molecule has 1 heterocycles. The second-order valence-electron chi connectivity index (χ2n) is 6.03. The Hall–Kier alpha value is -1.75. The monoisotopic (exact) mass is 320 g/mol. The lowest BCUT2D eigenvalue weighted by molar-refractivity contribution is -0.143. The summed E-state index contributed by atoms with van der Waals surface area (Å²) < 4.78 is 11.7.